The van der Waals surface area contributed by atoms with Gasteiger partial charge in [-0.15, -0.1) is 0 Å². The molecule has 0 saturated carbocycles. The third-order valence-electron chi connectivity index (χ3n) is 4.06. The van der Waals surface area contributed by atoms with Crippen LogP contribution in [0.5, 0.6) is 0 Å². The molecule has 1 unspecified atom stereocenters. The van der Waals surface area contributed by atoms with Crippen LogP contribution in [0.25, 0.3) is 0 Å². The second-order valence-electron chi connectivity index (χ2n) is 5.48. The molecule has 0 aliphatic carbocycles. The number of aliphatic hydroxyl groups is 1. The fraction of sp³-hybridized carbons (Fsp3) is 0.438. The van der Waals surface area contributed by atoms with Crippen LogP contribution in [0.15, 0.2) is 36.7 Å². The molecule has 2 aromatic rings. The minimum Gasteiger partial charge on any atom is -0.395 e. The summed E-state index contributed by atoms with van der Waals surface area (Å²) in [5.41, 5.74) is 9.13. The summed E-state index contributed by atoms with van der Waals surface area (Å²) in [6.45, 7) is 2.57. The van der Waals surface area contributed by atoms with Crippen LogP contribution in [0.1, 0.15) is 23.1 Å². The van der Waals surface area contributed by atoms with Crippen molar-refractivity contribution in [1.82, 2.24) is 9.78 Å². The van der Waals surface area contributed by atoms with Gasteiger partial charge in [0.1, 0.15) is 0 Å². The van der Waals surface area contributed by atoms with E-state index in [9.17, 15) is 5.11 Å². The van der Waals surface area contributed by atoms with Gasteiger partial charge in [0, 0.05) is 25.2 Å². The van der Waals surface area contributed by atoms with E-state index in [4.69, 9.17) is 5.73 Å². The van der Waals surface area contributed by atoms with Crippen molar-refractivity contribution in [2.75, 3.05) is 13.2 Å². The van der Waals surface area contributed by atoms with E-state index in [0.29, 0.717) is 6.54 Å². The molecule has 2 rings (SSSR count). The minimum absolute atomic E-state index is 0.0641. The van der Waals surface area contributed by atoms with Crippen molar-refractivity contribution in [3.8, 4) is 0 Å². The fourth-order valence-corrected chi connectivity index (χ4v) is 2.73. The molecule has 20 heavy (non-hydrogen) atoms. The van der Waals surface area contributed by atoms with Crippen molar-refractivity contribution in [2.45, 2.75) is 25.2 Å². The predicted octanol–water partition coefficient (Wildman–Crippen LogP) is 1.55. The molecule has 0 aliphatic rings. The minimum atomic E-state index is -0.374. The molecule has 0 radical (unpaired) electrons. The molecule has 1 aromatic heterocycles. The normalized spacial score (nSPS) is 14.2. The SMILES string of the molecule is Cc1ccccc1C(CN)(CO)CCc1cnn(C)c1. The molecule has 0 fully saturated rings. The summed E-state index contributed by atoms with van der Waals surface area (Å²) in [6, 6.07) is 8.16. The van der Waals surface area contributed by atoms with Crippen LogP contribution in [0.4, 0.5) is 0 Å². The largest absolute Gasteiger partial charge is 0.395 e. The van der Waals surface area contributed by atoms with E-state index in [1.165, 1.54) is 11.1 Å². The quantitative estimate of drug-likeness (QED) is 0.839. The van der Waals surface area contributed by atoms with E-state index in [1.807, 2.05) is 31.6 Å². The van der Waals surface area contributed by atoms with Crippen LogP contribution < -0.4 is 5.73 Å². The maximum atomic E-state index is 9.94. The molecule has 1 atom stereocenters. The monoisotopic (exact) mass is 273 g/mol. The molecule has 0 spiro atoms. The fourth-order valence-electron chi connectivity index (χ4n) is 2.73. The number of aromatic nitrogens is 2. The van der Waals surface area contributed by atoms with Crippen LogP contribution in [0, 0.1) is 6.92 Å². The topological polar surface area (TPSA) is 64.1 Å². The second kappa shape index (κ2) is 6.20. The van der Waals surface area contributed by atoms with E-state index < -0.39 is 0 Å². The lowest BCUT2D eigenvalue weighted by Crippen LogP contribution is -2.40. The molecule has 0 amide bonds. The number of rotatable bonds is 6. The van der Waals surface area contributed by atoms with Gasteiger partial charge in [0.25, 0.3) is 0 Å². The summed E-state index contributed by atoms with van der Waals surface area (Å²) in [6.07, 6.45) is 5.56. The Labute approximate surface area is 120 Å². The molecule has 0 aliphatic heterocycles. The number of aryl methyl sites for hydroxylation is 3. The highest BCUT2D eigenvalue weighted by atomic mass is 16.3. The maximum Gasteiger partial charge on any atom is 0.0540 e. The van der Waals surface area contributed by atoms with Gasteiger partial charge in [0.15, 0.2) is 0 Å². The highest BCUT2D eigenvalue weighted by molar-refractivity contribution is 5.34. The molecule has 1 aromatic carbocycles. The molecule has 4 nitrogen and oxygen atoms in total. The number of hydrogen-bond acceptors (Lipinski definition) is 3. The van der Waals surface area contributed by atoms with Crippen LogP contribution in [0.3, 0.4) is 0 Å². The van der Waals surface area contributed by atoms with Crippen molar-refractivity contribution in [3.05, 3.63) is 53.3 Å². The summed E-state index contributed by atoms with van der Waals surface area (Å²) in [4.78, 5) is 0. The Morgan fingerprint density at radius 1 is 1.35 bits per heavy atom. The summed E-state index contributed by atoms with van der Waals surface area (Å²) < 4.78 is 1.80. The van der Waals surface area contributed by atoms with E-state index in [1.54, 1.807) is 4.68 Å². The number of nitrogens with two attached hydrogens (primary N) is 1. The highest BCUT2D eigenvalue weighted by Crippen LogP contribution is 2.30. The van der Waals surface area contributed by atoms with Crippen LogP contribution in [-0.2, 0) is 18.9 Å². The first-order valence-electron chi connectivity index (χ1n) is 6.96. The van der Waals surface area contributed by atoms with Crippen LogP contribution >= 0.6 is 0 Å². The third kappa shape index (κ3) is 2.92. The summed E-state index contributed by atoms with van der Waals surface area (Å²) in [5, 5.41) is 14.1. The lowest BCUT2D eigenvalue weighted by atomic mass is 9.75. The van der Waals surface area contributed by atoms with E-state index in [0.717, 1.165) is 18.4 Å². The average Bonchev–Trinajstić information content (AvgIpc) is 2.88. The molecule has 4 heteroatoms. The molecule has 0 saturated heterocycles. The molecular formula is C16H23N3O. The first-order chi connectivity index (χ1) is 9.61. The second-order valence-corrected chi connectivity index (χ2v) is 5.48. The predicted molar refractivity (Wildman–Crippen MR) is 80.5 cm³/mol. The lowest BCUT2D eigenvalue weighted by molar-refractivity contribution is 0.187. The number of nitrogens with zero attached hydrogens (tertiary/aromatic N) is 2. The van der Waals surface area contributed by atoms with Gasteiger partial charge in [0.2, 0.25) is 0 Å². The number of hydrogen-bond donors (Lipinski definition) is 2. The van der Waals surface area contributed by atoms with Crippen molar-refractivity contribution in [1.29, 1.82) is 0 Å². The summed E-state index contributed by atoms with van der Waals surface area (Å²) >= 11 is 0. The zero-order valence-corrected chi connectivity index (χ0v) is 12.2. The molecule has 0 bridgehead atoms. The van der Waals surface area contributed by atoms with Gasteiger partial charge >= 0.3 is 0 Å². The Kier molecular flexibility index (Phi) is 4.57. The first kappa shape index (κ1) is 14.8. The van der Waals surface area contributed by atoms with Gasteiger partial charge in [-0.2, -0.15) is 5.10 Å². The molecular weight excluding hydrogens is 250 g/mol. The van der Waals surface area contributed by atoms with Crippen LogP contribution in [0.2, 0.25) is 0 Å². The summed E-state index contributed by atoms with van der Waals surface area (Å²) in [5.74, 6) is 0. The van der Waals surface area contributed by atoms with Crippen molar-refractivity contribution in [2.24, 2.45) is 12.8 Å². The molecule has 108 valence electrons. The smallest absolute Gasteiger partial charge is 0.0540 e. The van der Waals surface area contributed by atoms with Gasteiger partial charge < -0.3 is 10.8 Å². The number of benzene rings is 1. The Balaban J connectivity index is 2.23. The van der Waals surface area contributed by atoms with E-state index in [2.05, 4.69) is 24.2 Å². The van der Waals surface area contributed by atoms with E-state index in [-0.39, 0.29) is 12.0 Å². The maximum absolute atomic E-state index is 9.94. The molecule has 3 N–H and O–H groups in total. The zero-order chi connectivity index (χ0) is 14.6. The average molecular weight is 273 g/mol. The zero-order valence-electron chi connectivity index (χ0n) is 12.2. The van der Waals surface area contributed by atoms with Crippen LogP contribution in [-0.4, -0.2) is 28.0 Å². The van der Waals surface area contributed by atoms with E-state index >= 15 is 0 Å². The van der Waals surface area contributed by atoms with Gasteiger partial charge in [-0.05, 0) is 36.5 Å². The Hall–Kier alpha value is -1.65. The third-order valence-corrected chi connectivity index (χ3v) is 4.06. The van der Waals surface area contributed by atoms with Gasteiger partial charge in [-0.3, -0.25) is 4.68 Å². The van der Waals surface area contributed by atoms with Gasteiger partial charge in [-0.1, -0.05) is 24.3 Å². The number of aliphatic hydroxyl groups excluding tert-OH is 1. The summed E-state index contributed by atoms with van der Waals surface area (Å²) in [7, 11) is 1.91. The Morgan fingerprint density at radius 2 is 2.10 bits per heavy atom. The lowest BCUT2D eigenvalue weighted by Gasteiger charge is -2.32. The van der Waals surface area contributed by atoms with Crippen molar-refractivity contribution in [3.63, 3.8) is 0 Å². The van der Waals surface area contributed by atoms with Gasteiger partial charge in [0.05, 0.1) is 12.8 Å². The highest BCUT2D eigenvalue weighted by Gasteiger charge is 2.31. The van der Waals surface area contributed by atoms with Gasteiger partial charge in [-0.25, -0.2) is 0 Å². The molecule has 1 heterocycles. The van der Waals surface area contributed by atoms with Crippen molar-refractivity contribution >= 4 is 0 Å². The standard InChI is InChI=1S/C16H23N3O/c1-13-5-3-4-6-15(13)16(11-17,12-20)8-7-14-9-18-19(2)10-14/h3-6,9-10,20H,7-8,11-12,17H2,1-2H3. The Morgan fingerprint density at radius 3 is 2.65 bits per heavy atom. The van der Waals surface area contributed by atoms with Crippen molar-refractivity contribution < 1.29 is 5.11 Å². The Bertz CT molecular complexity index is 558. The first-order valence-corrected chi connectivity index (χ1v) is 6.96.